The van der Waals surface area contributed by atoms with Gasteiger partial charge in [-0.3, -0.25) is 15.5 Å². The third-order valence-electron chi connectivity index (χ3n) is 4.40. The van der Waals surface area contributed by atoms with Gasteiger partial charge in [-0.1, -0.05) is 13.8 Å². The summed E-state index contributed by atoms with van der Waals surface area (Å²) in [4.78, 5) is 10.2. The summed E-state index contributed by atoms with van der Waals surface area (Å²) in [5, 5.41) is 25.2. The van der Waals surface area contributed by atoms with E-state index in [-0.39, 0.29) is 46.6 Å². The molecule has 0 saturated carbocycles. The first-order valence-corrected chi connectivity index (χ1v) is 10.7. The van der Waals surface area contributed by atoms with Crippen LogP contribution < -0.4 is 14.9 Å². The monoisotopic (exact) mass is 452 g/mol. The van der Waals surface area contributed by atoms with Crippen molar-refractivity contribution in [2.24, 2.45) is 5.10 Å². The number of hydrogen-bond donors (Lipinski definition) is 2. The Balaban J connectivity index is 2.45. The highest BCUT2D eigenvalue weighted by Crippen LogP contribution is 2.36. The van der Waals surface area contributed by atoms with E-state index in [2.05, 4.69) is 10.5 Å². The van der Waals surface area contributed by atoms with Crippen molar-refractivity contribution in [2.45, 2.75) is 18.7 Å². The maximum Gasteiger partial charge on any atom is 0.270 e. The number of phenolic OH excluding ortho intramolecular Hbond substituents is 1. The lowest BCUT2D eigenvalue weighted by Crippen LogP contribution is -2.31. The molecule has 31 heavy (non-hydrogen) atoms. The van der Waals surface area contributed by atoms with E-state index in [1.54, 1.807) is 13.8 Å². The second kappa shape index (κ2) is 10.1. The number of anilines is 1. The number of ether oxygens (including phenoxy) is 2. The second-order valence-corrected chi connectivity index (χ2v) is 8.08. The molecule has 2 rings (SSSR count). The normalized spacial score (nSPS) is 11.6. The van der Waals surface area contributed by atoms with E-state index in [1.165, 1.54) is 49.0 Å². The van der Waals surface area contributed by atoms with Gasteiger partial charge in [0.2, 0.25) is 15.8 Å². The van der Waals surface area contributed by atoms with Crippen molar-refractivity contribution < 1.29 is 27.9 Å². The smallest absolute Gasteiger partial charge is 0.270 e. The molecule has 0 amide bonds. The van der Waals surface area contributed by atoms with Crippen molar-refractivity contribution >= 4 is 27.6 Å². The van der Waals surface area contributed by atoms with E-state index in [9.17, 15) is 23.6 Å². The lowest BCUT2D eigenvalue weighted by atomic mass is 10.2. The highest BCUT2D eigenvalue weighted by Gasteiger charge is 2.27. The molecular weight excluding hydrogens is 428 g/mol. The van der Waals surface area contributed by atoms with Gasteiger partial charge < -0.3 is 14.6 Å². The lowest BCUT2D eigenvalue weighted by Gasteiger charge is -2.20. The summed E-state index contributed by atoms with van der Waals surface area (Å²) in [5.41, 5.74) is 2.84. The van der Waals surface area contributed by atoms with Crippen LogP contribution in [0.25, 0.3) is 0 Å². The number of hydrogen-bond acceptors (Lipinski definition) is 9. The van der Waals surface area contributed by atoms with Crippen LogP contribution in [0.3, 0.4) is 0 Å². The van der Waals surface area contributed by atoms with Crippen LogP contribution >= 0.6 is 0 Å². The molecule has 11 nitrogen and oxygen atoms in total. The fourth-order valence-electron chi connectivity index (χ4n) is 2.80. The summed E-state index contributed by atoms with van der Waals surface area (Å²) in [5.74, 6) is 0.167. The molecule has 0 unspecified atom stereocenters. The molecule has 12 heteroatoms. The Morgan fingerprint density at radius 3 is 2.23 bits per heavy atom. The molecule has 0 atom stereocenters. The van der Waals surface area contributed by atoms with E-state index in [0.29, 0.717) is 5.56 Å². The number of nitrogens with zero attached hydrogens (tertiary/aromatic N) is 3. The largest absolute Gasteiger partial charge is 0.502 e. The number of phenols is 1. The zero-order chi connectivity index (χ0) is 23.2. The summed E-state index contributed by atoms with van der Waals surface area (Å²) < 4.78 is 37.3. The maximum absolute atomic E-state index is 13.0. The molecule has 0 aromatic heterocycles. The zero-order valence-electron chi connectivity index (χ0n) is 17.5. The summed E-state index contributed by atoms with van der Waals surface area (Å²) >= 11 is 0. The molecule has 0 heterocycles. The van der Waals surface area contributed by atoms with Crippen molar-refractivity contribution in [3.05, 3.63) is 46.0 Å². The number of sulfonamides is 1. The van der Waals surface area contributed by atoms with E-state index < -0.39 is 14.9 Å². The molecule has 168 valence electrons. The summed E-state index contributed by atoms with van der Waals surface area (Å²) in [6.45, 7) is 3.76. The van der Waals surface area contributed by atoms with Crippen LogP contribution in [0.4, 0.5) is 11.4 Å². The Morgan fingerprint density at radius 2 is 1.74 bits per heavy atom. The molecule has 0 saturated heterocycles. The van der Waals surface area contributed by atoms with Gasteiger partial charge in [-0.15, -0.1) is 0 Å². The van der Waals surface area contributed by atoms with Crippen LogP contribution in [0.15, 0.2) is 40.3 Å². The molecular formula is C19H24N4O7S. The maximum atomic E-state index is 13.0. The number of hydrazone groups is 1. The minimum absolute atomic E-state index is 0.0754. The first kappa shape index (κ1) is 23.9. The van der Waals surface area contributed by atoms with Gasteiger partial charge in [-0.05, 0) is 18.2 Å². The summed E-state index contributed by atoms with van der Waals surface area (Å²) in [6, 6.07) is 6.48. The number of benzene rings is 2. The zero-order valence-corrected chi connectivity index (χ0v) is 18.3. The quantitative estimate of drug-likeness (QED) is 0.318. The number of non-ortho nitro benzene ring substituents is 1. The fraction of sp³-hybridized carbons (Fsp3) is 0.316. The summed E-state index contributed by atoms with van der Waals surface area (Å²) in [7, 11) is -1.22. The van der Waals surface area contributed by atoms with E-state index >= 15 is 0 Å². The molecule has 0 bridgehead atoms. The van der Waals surface area contributed by atoms with Crippen LogP contribution in [-0.2, 0) is 10.0 Å². The second-order valence-electron chi connectivity index (χ2n) is 6.17. The number of rotatable bonds is 10. The molecule has 0 fully saturated rings. The predicted octanol–water partition coefficient (Wildman–Crippen LogP) is 2.79. The average Bonchev–Trinajstić information content (AvgIpc) is 2.75. The van der Waals surface area contributed by atoms with E-state index in [4.69, 9.17) is 9.47 Å². The SMILES string of the molecule is CCN(CC)S(=O)(=O)c1cc([N+](=O)[O-])ccc1N/N=C/c1cc(OC)c(O)c(OC)c1. The Bertz CT molecular complexity index is 1060. The highest BCUT2D eigenvalue weighted by molar-refractivity contribution is 7.89. The van der Waals surface area contributed by atoms with Gasteiger partial charge in [0.15, 0.2) is 11.5 Å². The van der Waals surface area contributed by atoms with E-state index in [0.717, 1.165) is 6.07 Å². The number of nitro groups is 1. The van der Waals surface area contributed by atoms with Crippen LogP contribution in [0.2, 0.25) is 0 Å². The van der Waals surface area contributed by atoms with Crippen molar-refractivity contribution in [3.63, 3.8) is 0 Å². The van der Waals surface area contributed by atoms with Crippen molar-refractivity contribution in [1.82, 2.24) is 4.31 Å². The average molecular weight is 452 g/mol. The molecule has 0 spiro atoms. The third kappa shape index (κ3) is 5.22. The van der Waals surface area contributed by atoms with Gasteiger partial charge in [0.05, 0.1) is 31.0 Å². The van der Waals surface area contributed by atoms with Gasteiger partial charge in [0, 0.05) is 30.8 Å². The molecule has 0 aliphatic rings. The Morgan fingerprint density at radius 1 is 1.16 bits per heavy atom. The molecule has 0 radical (unpaired) electrons. The van der Waals surface area contributed by atoms with Gasteiger partial charge in [-0.2, -0.15) is 9.41 Å². The first-order chi connectivity index (χ1) is 14.7. The van der Waals surface area contributed by atoms with Crippen molar-refractivity contribution in [3.8, 4) is 17.2 Å². The van der Waals surface area contributed by atoms with Gasteiger partial charge in [-0.25, -0.2) is 8.42 Å². The van der Waals surface area contributed by atoms with Crippen molar-refractivity contribution in [1.29, 1.82) is 0 Å². The van der Waals surface area contributed by atoms with Crippen LogP contribution in [0, 0.1) is 10.1 Å². The molecule has 0 aliphatic heterocycles. The van der Waals surface area contributed by atoms with Crippen LogP contribution in [0.5, 0.6) is 17.2 Å². The van der Waals surface area contributed by atoms with Crippen molar-refractivity contribution in [2.75, 3.05) is 32.7 Å². The fourth-order valence-corrected chi connectivity index (χ4v) is 4.42. The number of aromatic hydroxyl groups is 1. The van der Waals surface area contributed by atoms with Gasteiger partial charge in [0.1, 0.15) is 4.90 Å². The highest BCUT2D eigenvalue weighted by atomic mass is 32.2. The Kier molecular flexibility index (Phi) is 7.78. The minimum atomic E-state index is -3.99. The Labute approximate surface area is 180 Å². The molecule has 0 aliphatic carbocycles. The number of methoxy groups -OCH3 is 2. The first-order valence-electron chi connectivity index (χ1n) is 9.22. The topological polar surface area (TPSA) is 144 Å². The van der Waals surface area contributed by atoms with Gasteiger partial charge in [0.25, 0.3) is 5.69 Å². The number of nitro benzene ring substituents is 1. The minimum Gasteiger partial charge on any atom is -0.502 e. The number of nitrogens with one attached hydrogen (secondary N) is 1. The Hall–Kier alpha value is -3.38. The molecule has 2 aromatic carbocycles. The third-order valence-corrected chi connectivity index (χ3v) is 6.49. The summed E-state index contributed by atoms with van der Waals surface area (Å²) in [6.07, 6.45) is 1.36. The molecule has 2 N–H and O–H groups in total. The van der Waals surface area contributed by atoms with E-state index in [1.807, 2.05) is 0 Å². The molecule has 2 aromatic rings. The standard InChI is InChI=1S/C19H24N4O7S/c1-5-22(6-2)31(27,28)18-11-14(23(25)26)7-8-15(18)21-20-12-13-9-16(29-3)19(24)17(10-13)30-4/h7-12,21,24H,5-6H2,1-4H3/b20-12+. The van der Waals surface area contributed by atoms with Crippen LogP contribution in [0.1, 0.15) is 19.4 Å². The van der Waals surface area contributed by atoms with Crippen LogP contribution in [-0.4, -0.2) is 56.3 Å². The lowest BCUT2D eigenvalue weighted by molar-refractivity contribution is -0.385. The predicted molar refractivity (Wildman–Crippen MR) is 116 cm³/mol. The van der Waals surface area contributed by atoms with Gasteiger partial charge >= 0.3 is 0 Å².